The molecular formula is C20H16O2. The average molecular weight is 288 g/mol. The zero-order chi connectivity index (χ0) is 15.1. The Balaban J connectivity index is 1.89. The number of ether oxygens (including phenoxy) is 1. The van der Waals surface area contributed by atoms with Gasteiger partial charge in [-0.2, -0.15) is 0 Å². The number of hydrogen-bond acceptors (Lipinski definition) is 2. The minimum atomic E-state index is -0.183. The van der Waals surface area contributed by atoms with E-state index >= 15 is 0 Å². The molecule has 0 aromatic heterocycles. The number of benzene rings is 3. The topological polar surface area (TPSA) is 26.3 Å². The summed E-state index contributed by atoms with van der Waals surface area (Å²) < 4.78 is 5.45. The molecule has 0 unspecified atom stereocenters. The second-order valence-electron chi connectivity index (χ2n) is 5.57. The number of fused-ring (bicyclic) bond motifs is 5. The van der Waals surface area contributed by atoms with Crippen molar-refractivity contribution in [3.05, 3.63) is 65.7 Å². The molecule has 1 aliphatic carbocycles. The fourth-order valence-electron chi connectivity index (χ4n) is 3.20. The third kappa shape index (κ3) is 1.92. The highest BCUT2D eigenvalue weighted by Gasteiger charge is 2.20. The standard InChI is InChI=1S/C20H16O2/c1-2-20(21)22-19-12-11-17-16-8-7-13-5-3-4-6-14(13)15(16)9-10-18(17)19/h3-10,12H,2,11H2,1H3. The molecule has 0 N–H and O–H groups in total. The molecule has 0 fully saturated rings. The molecule has 3 aromatic rings. The number of carbonyl (C=O) groups excluding carboxylic acids is 1. The molecule has 1 aliphatic rings. The van der Waals surface area contributed by atoms with Gasteiger partial charge >= 0.3 is 5.97 Å². The van der Waals surface area contributed by atoms with Crippen LogP contribution in [-0.2, 0) is 16.0 Å². The number of hydrogen-bond donors (Lipinski definition) is 0. The zero-order valence-corrected chi connectivity index (χ0v) is 12.4. The lowest BCUT2D eigenvalue weighted by Crippen LogP contribution is -2.01. The normalized spacial score (nSPS) is 13.2. The van der Waals surface area contributed by atoms with E-state index in [1.807, 2.05) is 13.0 Å². The van der Waals surface area contributed by atoms with E-state index < -0.39 is 0 Å². The molecule has 0 bridgehead atoms. The highest BCUT2D eigenvalue weighted by atomic mass is 16.5. The Morgan fingerprint density at radius 3 is 2.68 bits per heavy atom. The molecule has 0 saturated carbocycles. The van der Waals surface area contributed by atoms with Gasteiger partial charge in [0, 0.05) is 12.0 Å². The van der Waals surface area contributed by atoms with Gasteiger partial charge < -0.3 is 4.74 Å². The summed E-state index contributed by atoms with van der Waals surface area (Å²) in [7, 11) is 0. The zero-order valence-electron chi connectivity index (χ0n) is 12.4. The highest BCUT2D eigenvalue weighted by molar-refractivity contribution is 6.09. The van der Waals surface area contributed by atoms with Gasteiger partial charge in [-0.05, 0) is 39.6 Å². The molecule has 0 radical (unpaired) electrons. The van der Waals surface area contributed by atoms with Gasteiger partial charge in [-0.15, -0.1) is 0 Å². The van der Waals surface area contributed by atoms with E-state index in [2.05, 4.69) is 48.5 Å². The van der Waals surface area contributed by atoms with E-state index in [1.165, 1.54) is 27.1 Å². The van der Waals surface area contributed by atoms with Gasteiger partial charge in [0.25, 0.3) is 0 Å². The Hall–Kier alpha value is -2.61. The molecule has 4 rings (SSSR count). The van der Waals surface area contributed by atoms with Gasteiger partial charge in [0.05, 0.1) is 0 Å². The SMILES string of the molecule is CCC(=O)OC1=CCc2c1ccc1c2ccc2ccccc21. The summed E-state index contributed by atoms with van der Waals surface area (Å²) >= 11 is 0. The minimum absolute atomic E-state index is 0.183. The predicted molar refractivity (Wildman–Crippen MR) is 89.5 cm³/mol. The van der Waals surface area contributed by atoms with Crippen molar-refractivity contribution in [3.63, 3.8) is 0 Å². The molecule has 3 aromatic carbocycles. The van der Waals surface area contributed by atoms with Crippen molar-refractivity contribution >= 4 is 33.3 Å². The van der Waals surface area contributed by atoms with E-state index in [1.54, 1.807) is 0 Å². The summed E-state index contributed by atoms with van der Waals surface area (Å²) in [6.45, 7) is 1.81. The van der Waals surface area contributed by atoms with Gasteiger partial charge in [-0.25, -0.2) is 0 Å². The van der Waals surface area contributed by atoms with E-state index in [-0.39, 0.29) is 5.97 Å². The van der Waals surface area contributed by atoms with Crippen LogP contribution in [0.1, 0.15) is 24.5 Å². The quantitative estimate of drug-likeness (QED) is 0.498. The molecule has 0 heterocycles. The Bertz CT molecular complexity index is 935. The van der Waals surface area contributed by atoms with Crippen LogP contribution < -0.4 is 0 Å². The monoisotopic (exact) mass is 288 g/mol. The van der Waals surface area contributed by atoms with Crippen LogP contribution in [0.5, 0.6) is 0 Å². The summed E-state index contributed by atoms with van der Waals surface area (Å²) in [5.74, 6) is 0.523. The number of carbonyl (C=O) groups is 1. The first-order valence-corrected chi connectivity index (χ1v) is 7.62. The summed E-state index contributed by atoms with van der Waals surface area (Å²) in [5, 5.41) is 5.02. The largest absolute Gasteiger partial charge is 0.426 e. The van der Waals surface area contributed by atoms with E-state index in [0.29, 0.717) is 12.2 Å². The smallest absolute Gasteiger partial charge is 0.310 e. The number of esters is 1. The van der Waals surface area contributed by atoms with Gasteiger partial charge in [0.2, 0.25) is 0 Å². The molecular weight excluding hydrogens is 272 g/mol. The van der Waals surface area contributed by atoms with Gasteiger partial charge in [0.1, 0.15) is 5.76 Å². The van der Waals surface area contributed by atoms with Crippen LogP contribution >= 0.6 is 0 Å². The average Bonchev–Trinajstić information content (AvgIpc) is 2.97. The first kappa shape index (κ1) is 13.1. The van der Waals surface area contributed by atoms with Crippen molar-refractivity contribution in [1.29, 1.82) is 0 Å². The van der Waals surface area contributed by atoms with Crippen LogP contribution in [0.25, 0.3) is 27.3 Å². The second kappa shape index (κ2) is 4.99. The molecule has 0 spiro atoms. The highest BCUT2D eigenvalue weighted by Crippen LogP contribution is 2.36. The molecule has 0 atom stereocenters. The summed E-state index contributed by atoms with van der Waals surface area (Å²) in [5.41, 5.74) is 2.30. The van der Waals surface area contributed by atoms with Crippen molar-refractivity contribution in [3.8, 4) is 0 Å². The van der Waals surface area contributed by atoms with Gasteiger partial charge in [-0.1, -0.05) is 55.5 Å². The lowest BCUT2D eigenvalue weighted by atomic mass is 9.96. The fourth-order valence-corrected chi connectivity index (χ4v) is 3.20. The van der Waals surface area contributed by atoms with Crippen molar-refractivity contribution in [2.75, 3.05) is 0 Å². The molecule has 0 saturated heterocycles. The van der Waals surface area contributed by atoms with Crippen molar-refractivity contribution in [1.82, 2.24) is 0 Å². The van der Waals surface area contributed by atoms with Crippen molar-refractivity contribution < 1.29 is 9.53 Å². The Kier molecular flexibility index (Phi) is 2.97. The van der Waals surface area contributed by atoms with Crippen LogP contribution in [-0.4, -0.2) is 5.97 Å². The first-order chi connectivity index (χ1) is 10.8. The minimum Gasteiger partial charge on any atom is -0.426 e. The number of rotatable bonds is 2. The maximum absolute atomic E-state index is 11.6. The molecule has 2 heteroatoms. The van der Waals surface area contributed by atoms with E-state index in [9.17, 15) is 4.79 Å². The predicted octanol–water partition coefficient (Wildman–Crippen LogP) is 4.84. The maximum atomic E-state index is 11.6. The first-order valence-electron chi connectivity index (χ1n) is 7.62. The summed E-state index contributed by atoms with van der Waals surface area (Å²) in [6.07, 6.45) is 3.22. The molecule has 0 aliphatic heterocycles. The van der Waals surface area contributed by atoms with Crippen LogP contribution in [0.4, 0.5) is 0 Å². The Labute approximate surface area is 129 Å². The van der Waals surface area contributed by atoms with Gasteiger partial charge in [0.15, 0.2) is 0 Å². The van der Waals surface area contributed by atoms with Crippen molar-refractivity contribution in [2.45, 2.75) is 19.8 Å². The van der Waals surface area contributed by atoms with Crippen LogP contribution in [0.15, 0.2) is 54.6 Å². The summed E-state index contributed by atoms with van der Waals surface area (Å²) in [4.78, 5) is 11.6. The van der Waals surface area contributed by atoms with Crippen LogP contribution in [0.3, 0.4) is 0 Å². The van der Waals surface area contributed by atoms with E-state index in [4.69, 9.17) is 4.74 Å². The number of allylic oxidation sites excluding steroid dienone is 1. The molecule has 108 valence electrons. The molecule has 0 amide bonds. The molecule has 2 nitrogen and oxygen atoms in total. The third-order valence-electron chi connectivity index (χ3n) is 4.31. The Morgan fingerprint density at radius 2 is 1.82 bits per heavy atom. The van der Waals surface area contributed by atoms with Crippen LogP contribution in [0, 0.1) is 0 Å². The lowest BCUT2D eigenvalue weighted by Gasteiger charge is -2.11. The third-order valence-corrected chi connectivity index (χ3v) is 4.31. The van der Waals surface area contributed by atoms with Crippen molar-refractivity contribution in [2.24, 2.45) is 0 Å². The van der Waals surface area contributed by atoms with Crippen LogP contribution in [0.2, 0.25) is 0 Å². The lowest BCUT2D eigenvalue weighted by molar-refractivity contribution is -0.136. The van der Waals surface area contributed by atoms with E-state index in [0.717, 1.165) is 12.0 Å². The Morgan fingerprint density at radius 1 is 1.00 bits per heavy atom. The maximum Gasteiger partial charge on any atom is 0.310 e. The second-order valence-corrected chi connectivity index (χ2v) is 5.57. The fraction of sp³-hybridized carbons (Fsp3) is 0.150. The summed E-state index contributed by atoms with van der Waals surface area (Å²) in [6, 6.07) is 17.0. The van der Waals surface area contributed by atoms with Gasteiger partial charge in [-0.3, -0.25) is 4.79 Å². The molecule has 22 heavy (non-hydrogen) atoms.